The maximum Gasteiger partial charge on any atom is 0.351 e. The van der Waals surface area contributed by atoms with Gasteiger partial charge in [0.05, 0.1) is 22.4 Å². The Labute approximate surface area is 121 Å². The number of nitrogens with zero attached hydrogens (tertiary/aromatic N) is 4. The topological polar surface area (TPSA) is 99.3 Å². The van der Waals surface area contributed by atoms with Gasteiger partial charge in [0.25, 0.3) is 0 Å². The third-order valence-corrected chi connectivity index (χ3v) is 4.63. The molecule has 0 aliphatic heterocycles. The molecule has 0 aliphatic rings. The molecule has 0 radical (unpaired) electrons. The summed E-state index contributed by atoms with van der Waals surface area (Å²) < 4.78 is 2.39. The van der Waals surface area contributed by atoms with Gasteiger partial charge in [-0.2, -0.15) is 4.40 Å². The lowest BCUT2D eigenvalue weighted by Gasteiger charge is -1.97. The quantitative estimate of drug-likeness (QED) is 0.452. The Kier molecular flexibility index (Phi) is 3.28. The van der Waals surface area contributed by atoms with Gasteiger partial charge in [0.2, 0.25) is 5.65 Å². The van der Waals surface area contributed by atoms with Crippen molar-refractivity contribution in [1.82, 2.24) is 14.4 Å². The minimum absolute atomic E-state index is 0.00517. The monoisotopic (exact) mass is 307 g/mol. The molecule has 0 aromatic carbocycles. The second-order valence-corrected chi connectivity index (χ2v) is 6.21. The van der Waals surface area contributed by atoms with Crippen LogP contribution in [0.3, 0.4) is 0 Å². The van der Waals surface area contributed by atoms with E-state index in [9.17, 15) is 10.1 Å². The molecular formula is C11H9N5O2S2. The molecule has 0 amide bonds. The second-order valence-electron chi connectivity index (χ2n) is 3.87. The summed E-state index contributed by atoms with van der Waals surface area (Å²) in [6.45, 7) is 0. The molecular weight excluding hydrogens is 298 g/mol. The molecule has 3 aromatic rings. The zero-order valence-electron chi connectivity index (χ0n) is 10.1. The van der Waals surface area contributed by atoms with Crippen LogP contribution in [0, 0.1) is 10.1 Å². The molecule has 9 heteroatoms. The van der Waals surface area contributed by atoms with E-state index in [0.29, 0.717) is 22.2 Å². The lowest BCUT2D eigenvalue weighted by atomic mass is 10.5. The molecule has 0 aliphatic carbocycles. The molecule has 102 valence electrons. The van der Waals surface area contributed by atoms with E-state index in [1.54, 1.807) is 30.6 Å². The van der Waals surface area contributed by atoms with Gasteiger partial charge in [-0.25, -0.2) is 9.97 Å². The fourth-order valence-electron chi connectivity index (χ4n) is 1.80. The van der Waals surface area contributed by atoms with E-state index in [1.165, 1.54) is 27.5 Å². The summed E-state index contributed by atoms with van der Waals surface area (Å²) in [5.41, 5.74) is 6.56. The summed E-state index contributed by atoms with van der Waals surface area (Å²) >= 11 is 2.79. The van der Waals surface area contributed by atoms with Crippen LogP contribution in [0.15, 0.2) is 34.8 Å². The normalized spacial score (nSPS) is 11.0. The second kappa shape index (κ2) is 5.10. The fourth-order valence-corrected chi connectivity index (χ4v) is 3.49. The summed E-state index contributed by atoms with van der Waals surface area (Å²) in [5, 5.41) is 11.7. The van der Waals surface area contributed by atoms with Crippen molar-refractivity contribution >= 4 is 39.7 Å². The molecule has 3 heterocycles. The number of aromatic nitrogens is 3. The maximum absolute atomic E-state index is 11.2. The Hall–Kier alpha value is -2.13. The van der Waals surface area contributed by atoms with Crippen molar-refractivity contribution in [2.75, 3.05) is 5.73 Å². The van der Waals surface area contributed by atoms with E-state index in [4.69, 9.17) is 5.73 Å². The van der Waals surface area contributed by atoms with E-state index in [-0.39, 0.29) is 5.82 Å². The van der Waals surface area contributed by atoms with Gasteiger partial charge in [0, 0.05) is 6.07 Å². The van der Waals surface area contributed by atoms with Crippen LogP contribution >= 0.6 is 23.1 Å². The number of hydrogen-bond donors (Lipinski definition) is 1. The Bertz CT molecular complexity index is 782. The average Bonchev–Trinajstić information content (AvgIpc) is 2.99. The highest BCUT2D eigenvalue weighted by Gasteiger charge is 2.22. The van der Waals surface area contributed by atoms with Crippen molar-refractivity contribution < 1.29 is 4.92 Å². The van der Waals surface area contributed by atoms with Gasteiger partial charge in [-0.3, -0.25) is 0 Å². The van der Waals surface area contributed by atoms with E-state index in [2.05, 4.69) is 9.97 Å². The molecule has 3 aromatic heterocycles. The molecule has 20 heavy (non-hydrogen) atoms. The fraction of sp³-hybridized carbons (Fsp3) is 0.0909. The Morgan fingerprint density at radius 2 is 2.35 bits per heavy atom. The largest absolute Gasteiger partial charge is 0.375 e. The summed E-state index contributed by atoms with van der Waals surface area (Å²) in [7, 11) is 0. The summed E-state index contributed by atoms with van der Waals surface area (Å²) in [6, 6.07) is 5.28. The predicted octanol–water partition coefficient (Wildman–Crippen LogP) is 2.57. The van der Waals surface area contributed by atoms with Crippen LogP contribution in [0.5, 0.6) is 0 Å². The van der Waals surface area contributed by atoms with Crippen molar-refractivity contribution in [3.05, 3.63) is 46.4 Å². The number of imidazole rings is 1. The number of anilines is 1. The molecule has 3 rings (SSSR count). The third-order valence-electron chi connectivity index (χ3n) is 2.60. The molecule has 0 unspecified atom stereocenters. The molecule has 2 N–H and O–H groups in total. The first-order valence-corrected chi connectivity index (χ1v) is 7.40. The Morgan fingerprint density at radius 1 is 1.50 bits per heavy atom. The minimum Gasteiger partial charge on any atom is -0.375 e. The van der Waals surface area contributed by atoms with Gasteiger partial charge in [0.1, 0.15) is 5.69 Å². The van der Waals surface area contributed by atoms with Gasteiger partial charge in [-0.15, -0.1) is 11.8 Å². The minimum atomic E-state index is -0.406. The third kappa shape index (κ3) is 2.32. The zero-order chi connectivity index (χ0) is 14.1. The molecule has 0 atom stereocenters. The average molecular weight is 307 g/mol. The molecule has 0 saturated carbocycles. The van der Waals surface area contributed by atoms with E-state index in [1.807, 2.05) is 0 Å². The molecule has 0 spiro atoms. The van der Waals surface area contributed by atoms with Crippen molar-refractivity contribution in [3.63, 3.8) is 0 Å². The summed E-state index contributed by atoms with van der Waals surface area (Å²) in [6.07, 6.45) is 3.30. The smallest absolute Gasteiger partial charge is 0.351 e. The van der Waals surface area contributed by atoms with Gasteiger partial charge in [-0.1, -0.05) is 17.4 Å². The van der Waals surface area contributed by atoms with Gasteiger partial charge >= 0.3 is 5.82 Å². The van der Waals surface area contributed by atoms with E-state index >= 15 is 0 Å². The molecule has 0 bridgehead atoms. The van der Waals surface area contributed by atoms with Crippen LogP contribution in [0.1, 0.15) is 5.69 Å². The first kappa shape index (κ1) is 12.9. The summed E-state index contributed by atoms with van der Waals surface area (Å²) in [5.74, 6) is 0.408. The highest BCUT2D eigenvalue weighted by Crippen LogP contribution is 2.32. The van der Waals surface area contributed by atoms with Crippen molar-refractivity contribution in [3.8, 4) is 0 Å². The highest BCUT2D eigenvalue weighted by molar-refractivity contribution is 8.00. The zero-order valence-corrected chi connectivity index (χ0v) is 11.7. The van der Waals surface area contributed by atoms with Gasteiger partial charge in [0.15, 0.2) is 5.13 Å². The van der Waals surface area contributed by atoms with Crippen molar-refractivity contribution in [2.24, 2.45) is 0 Å². The van der Waals surface area contributed by atoms with Crippen LogP contribution in [0.2, 0.25) is 0 Å². The van der Waals surface area contributed by atoms with Crippen LogP contribution in [0.25, 0.3) is 5.65 Å². The Morgan fingerprint density at radius 3 is 3.05 bits per heavy atom. The maximum atomic E-state index is 11.2. The molecule has 7 nitrogen and oxygen atoms in total. The molecule has 0 saturated heterocycles. The van der Waals surface area contributed by atoms with Crippen LogP contribution in [-0.4, -0.2) is 19.3 Å². The number of thioether (sulfide) groups is 1. The first-order chi connectivity index (χ1) is 9.65. The van der Waals surface area contributed by atoms with Crippen molar-refractivity contribution in [2.45, 2.75) is 9.96 Å². The highest BCUT2D eigenvalue weighted by atomic mass is 32.2. The lowest BCUT2D eigenvalue weighted by Crippen LogP contribution is -1.96. The number of hydrogen-bond acceptors (Lipinski definition) is 7. The molecule has 0 fully saturated rings. The van der Waals surface area contributed by atoms with Crippen LogP contribution in [0.4, 0.5) is 10.9 Å². The predicted molar refractivity (Wildman–Crippen MR) is 77.9 cm³/mol. The van der Waals surface area contributed by atoms with Crippen LogP contribution < -0.4 is 5.73 Å². The Balaban J connectivity index is 1.94. The lowest BCUT2D eigenvalue weighted by molar-refractivity contribution is -0.391. The number of nitro groups is 1. The summed E-state index contributed by atoms with van der Waals surface area (Å²) in [4.78, 5) is 19.1. The van der Waals surface area contributed by atoms with Crippen LogP contribution in [-0.2, 0) is 5.75 Å². The van der Waals surface area contributed by atoms with E-state index in [0.717, 1.165) is 4.21 Å². The van der Waals surface area contributed by atoms with Gasteiger partial charge in [-0.05, 0) is 11.0 Å². The van der Waals surface area contributed by atoms with Crippen molar-refractivity contribution in [1.29, 1.82) is 0 Å². The number of fused-ring (bicyclic) bond motifs is 1. The number of nitrogen functional groups attached to an aromatic ring is 1. The van der Waals surface area contributed by atoms with Gasteiger partial charge < -0.3 is 15.8 Å². The number of rotatable bonds is 4. The standard InChI is InChI=1S/C11H9N5O2S2/c12-11-13-5-9(20-11)19-6-7-10(16(17)18)15-4-2-1-3-8(15)14-7/h1-5H,6H2,(H2,12,13). The number of thiazole rings is 1. The first-order valence-electron chi connectivity index (χ1n) is 5.59. The van der Waals surface area contributed by atoms with E-state index < -0.39 is 4.92 Å². The SMILES string of the molecule is Nc1ncc(SCc2nc3ccccn3c2[N+](=O)[O-])s1. The number of pyridine rings is 1. The number of nitrogens with two attached hydrogens (primary N) is 1.